The fourth-order valence-corrected chi connectivity index (χ4v) is 1.64. The summed E-state index contributed by atoms with van der Waals surface area (Å²) in [6.07, 6.45) is 5.25. The maximum Gasteiger partial charge on any atom is 0.224 e. The van der Waals surface area contributed by atoms with Crippen LogP contribution in [0.3, 0.4) is 0 Å². The summed E-state index contributed by atoms with van der Waals surface area (Å²) >= 11 is 11.6. The summed E-state index contributed by atoms with van der Waals surface area (Å²) in [5.74, 6) is 0.538. The van der Waals surface area contributed by atoms with Crippen LogP contribution in [0.25, 0.3) is 0 Å². The van der Waals surface area contributed by atoms with E-state index in [1.807, 2.05) is 24.0 Å². The predicted octanol–water partition coefficient (Wildman–Crippen LogP) is 2.40. The molecule has 0 unspecified atom stereocenters. The molecule has 0 amide bonds. The summed E-state index contributed by atoms with van der Waals surface area (Å²) < 4.78 is 1.85. The Kier molecular flexibility index (Phi) is 3.81. The molecule has 7 heteroatoms. The first-order valence-corrected chi connectivity index (χ1v) is 5.82. The van der Waals surface area contributed by atoms with E-state index in [0.29, 0.717) is 17.4 Å². The molecule has 0 radical (unpaired) electrons. The second kappa shape index (κ2) is 5.33. The molecule has 0 bridgehead atoms. The standard InChI is InChI=1S/C10H11Cl2N5/c1-7-4-15-17(6-7)3-2-13-9-8(11)5-14-10(12)16-9/h4-6H,2-3H2,1H3,(H,13,14,16). The molecule has 0 aliphatic carbocycles. The van der Waals surface area contributed by atoms with Crippen molar-refractivity contribution in [1.82, 2.24) is 19.7 Å². The van der Waals surface area contributed by atoms with E-state index in [4.69, 9.17) is 23.2 Å². The van der Waals surface area contributed by atoms with Gasteiger partial charge in [-0.2, -0.15) is 10.1 Å². The summed E-state index contributed by atoms with van der Waals surface area (Å²) in [6, 6.07) is 0. The van der Waals surface area contributed by atoms with Gasteiger partial charge in [0.15, 0.2) is 0 Å². The van der Waals surface area contributed by atoms with Gasteiger partial charge in [0, 0.05) is 12.7 Å². The summed E-state index contributed by atoms with van der Waals surface area (Å²) in [6.45, 7) is 3.39. The van der Waals surface area contributed by atoms with Gasteiger partial charge < -0.3 is 5.32 Å². The molecule has 90 valence electrons. The van der Waals surface area contributed by atoms with Crippen molar-refractivity contribution < 1.29 is 0 Å². The fraction of sp³-hybridized carbons (Fsp3) is 0.300. The highest BCUT2D eigenvalue weighted by molar-refractivity contribution is 6.33. The number of hydrogen-bond donors (Lipinski definition) is 1. The normalized spacial score (nSPS) is 10.5. The predicted molar refractivity (Wildman–Crippen MR) is 67.5 cm³/mol. The average molecular weight is 272 g/mol. The highest BCUT2D eigenvalue weighted by Gasteiger charge is 2.03. The van der Waals surface area contributed by atoms with Crippen molar-refractivity contribution in [2.75, 3.05) is 11.9 Å². The van der Waals surface area contributed by atoms with Crippen LogP contribution in [-0.4, -0.2) is 26.3 Å². The smallest absolute Gasteiger partial charge is 0.224 e. The fourth-order valence-electron chi connectivity index (χ4n) is 1.35. The first-order valence-electron chi connectivity index (χ1n) is 5.06. The van der Waals surface area contributed by atoms with Crippen molar-refractivity contribution in [1.29, 1.82) is 0 Å². The highest BCUT2D eigenvalue weighted by atomic mass is 35.5. The van der Waals surface area contributed by atoms with Gasteiger partial charge >= 0.3 is 0 Å². The molecule has 2 heterocycles. The van der Waals surface area contributed by atoms with Crippen molar-refractivity contribution in [3.05, 3.63) is 34.5 Å². The lowest BCUT2D eigenvalue weighted by Crippen LogP contribution is -2.12. The van der Waals surface area contributed by atoms with E-state index in [1.54, 1.807) is 0 Å². The Morgan fingerprint density at radius 2 is 2.18 bits per heavy atom. The maximum atomic E-state index is 5.91. The lowest BCUT2D eigenvalue weighted by Gasteiger charge is -2.07. The summed E-state index contributed by atoms with van der Waals surface area (Å²) in [5.41, 5.74) is 1.13. The van der Waals surface area contributed by atoms with Crippen LogP contribution in [0.5, 0.6) is 0 Å². The number of nitrogens with one attached hydrogen (secondary N) is 1. The van der Waals surface area contributed by atoms with Crippen LogP contribution in [0, 0.1) is 6.92 Å². The molecule has 0 saturated heterocycles. The highest BCUT2D eigenvalue weighted by Crippen LogP contribution is 2.18. The summed E-state index contributed by atoms with van der Waals surface area (Å²) in [4.78, 5) is 7.76. The van der Waals surface area contributed by atoms with E-state index >= 15 is 0 Å². The molecule has 2 aromatic rings. The van der Waals surface area contributed by atoms with Crippen molar-refractivity contribution in [2.45, 2.75) is 13.5 Å². The Morgan fingerprint density at radius 3 is 2.88 bits per heavy atom. The Morgan fingerprint density at radius 1 is 1.35 bits per heavy atom. The van der Waals surface area contributed by atoms with E-state index in [9.17, 15) is 0 Å². The van der Waals surface area contributed by atoms with Crippen LogP contribution in [0.1, 0.15) is 5.56 Å². The van der Waals surface area contributed by atoms with Gasteiger partial charge in [0.25, 0.3) is 0 Å². The second-order valence-corrected chi connectivity index (χ2v) is 4.29. The number of hydrogen-bond acceptors (Lipinski definition) is 4. The zero-order chi connectivity index (χ0) is 12.3. The zero-order valence-electron chi connectivity index (χ0n) is 9.19. The van der Waals surface area contributed by atoms with E-state index in [-0.39, 0.29) is 5.28 Å². The van der Waals surface area contributed by atoms with E-state index in [0.717, 1.165) is 12.1 Å². The SMILES string of the molecule is Cc1cnn(CCNc2nc(Cl)ncc2Cl)c1. The monoisotopic (exact) mass is 271 g/mol. The van der Waals surface area contributed by atoms with Crippen LogP contribution in [0.15, 0.2) is 18.6 Å². The molecule has 17 heavy (non-hydrogen) atoms. The van der Waals surface area contributed by atoms with Crippen LogP contribution >= 0.6 is 23.2 Å². The van der Waals surface area contributed by atoms with E-state index in [2.05, 4.69) is 20.4 Å². The van der Waals surface area contributed by atoms with Crippen LogP contribution < -0.4 is 5.32 Å². The molecule has 2 rings (SSSR count). The summed E-state index contributed by atoms with van der Waals surface area (Å²) in [7, 11) is 0. The van der Waals surface area contributed by atoms with E-state index < -0.39 is 0 Å². The Hall–Kier alpha value is -1.33. The molecule has 2 aromatic heterocycles. The molecule has 0 spiro atoms. The number of rotatable bonds is 4. The topological polar surface area (TPSA) is 55.6 Å². The van der Waals surface area contributed by atoms with Gasteiger partial charge in [-0.05, 0) is 24.1 Å². The maximum absolute atomic E-state index is 5.91. The quantitative estimate of drug-likeness (QED) is 0.868. The number of aromatic nitrogens is 4. The minimum absolute atomic E-state index is 0.173. The minimum Gasteiger partial charge on any atom is -0.367 e. The largest absolute Gasteiger partial charge is 0.367 e. The third-order valence-electron chi connectivity index (χ3n) is 2.11. The summed E-state index contributed by atoms with van der Waals surface area (Å²) in [5, 5.41) is 7.88. The molecule has 5 nitrogen and oxygen atoms in total. The Balaban J connectivity index is 1.91. The van der Waals surface area contributed by atoms with Crippen LogP contribution in [-0.2, 0) is 6.54 Å². The molecule has 0 fully saturated rings. The molecular formula is C10H11Cl2N5. The third-order valence-corrected chi connectivity index (χ3v) is 2.57. The van der Waals surface area contributed by atoms with Gasteiger partial charge in [-0.15, -0.1) is 0 Å². The molecule has 0 aliphatic heterocycles. The molecule has 0 aromatic carbocycles. The molecule has 1 N–H and O–H groups in total. The van der Waals surface area contributed by atoms with Gasteiger partial charge in [-0.25, -0.2) is 4.98 Å². The van der Waals surface area contributed by atoms with Gasteiger partial charge in [-0.3, -0.25) is 4.68 Å². The van der Waals surface area contributed by atoms with Crippen molar-refractivity contribution in [3.63, 3.8) is 0 Å². The van der Waals surface area contributed by atoms with E-state index in [1.165, 1.54) is 6.20 Å². The number of anilines is 1. The van der Waals surface area contributed by atoms with Crippen molar-refractivity contribution in [2.24, 2.45) is 0 Å². The number of halogens is 2. The van der Waals surface area contributed by atoms with Gasteiger partial charge in [0.1, 0.15) is 10.8 Å². The number of aryl methyl sites for hydroxylation is 1. The zero-order valence-corrected chi connectivity index (χ0v) is 10.7. The van der Waals surface area contributed by atoms with Crippen molar-refractivity contribution >= 4 is 29.0 Å². The molecule has 0 saturated carbocycles. The Labute approximate surface area is 109 Å². The van der Waals surface area contributed by atoms with Gasteiger partial charge in [-0.1, -0.05) is 11.6 Å². The third kappa shape index (κ3) is 3.31. The molecule has 0 atom stereocenters. The first-order chi connectivity index (χ1) is 8.15. The average Bonchev–Trinajstić information content (AvgIpc) is 2.69. The van der Waals surface area contributed by atoms with Crippen LogP contribution in [0.2, 0.25) is 10.3 Å². The first kappa shape index (κ1) is 12.1. The minimum atomic E-state index is 0.173. The lowest BCUT2D eigenvalue weighted by atomic mass is 10.4. The Bertz CT molecular complexity index is 511. The van der Waals surface area contributed by atoms with Gasteiger partial charge in [0.2, 0.25) is 5.28 Å². The van der Waals surface area contributed by atoms with Crippen molar-refractivity contribution in [3.8, 4) is 0 Å². The number of nitrogens with zero attached hydrogens (tertiary/aromatic N) is 4. The molecule has 0 aliphatic rings. The second-order valence-electron chi connectivity index (χ2n) is 3.54. The lowest BCUT2D eigenvalue weighted by molar-refractivity contribution is 0.636. The van der Waals surface area contributed by atoms with Crippen LogP contribution in [0.4, 0.5) is 5.82 Å². The molecular weight excluding hydrogens is 261 g/mol. The van der Waals surface area contributed by atoms with Gasteiger partial charge in [0.05, 0.1) is 18.9 Å².